The highest BCUT2D eigenvalue weighted by Crippen LogP contribution is 2.47. The number of aldehydes is 1. The molecule has 1 saturated carbocycles. The first kappa shape index (κ1) is 18.0. The Hall–Kier alpha value is -1.78. The number of alkyl halides is 1. The van der Waals surface area contributed by atoms with Crippen molar-refractivity contribution in [3.05, 3.63) is 60.7 Å². The van der Waals surface area contributed by atoms with Crippen LogP contribution in [0, 0.1) is 5.92 Å². The molecule has 25 heavy (non-hydrogen) atoms. The van der Waals surface area contributed by atoms with Crippen LogP contribution in [0.4, 0.5) is 4.39 Å². The number of benzene rings is 2. The fraction of sp³-hybridized carbons (Fsp3) is 0.381. The first-order valence-corrected chi connectivity index (χ1v) is 10.6. The van der Waals surface area contributed by atoms with Gasteiger partial charge in [0.1, 0.15) is 0 Å². The first-order chi connectivity index (χ1) is 11.8. The Bertz CT molecular complexity index is 687. The van der Waals surface area contributed by atoms with Crippen molar-refractivity contribution in [1.29, 1.82) is 0 Å². The van der Waals surface area contributed by atoms with E-state index in [0.717, 1.165) is 0 Å². The van der Waals surface area contributed by atoms with Crippen LogP contribution in [0.3, 0.4) is 0 Å². The van der Waals surface area contributed by atoms with Gasteiger partial charge in [-0.25, -0.2) is 4.39 Å². The summed E-state index contributed by atoms with van der Waals surface area (Å²) in [4.78, 5) is 10.9. The topological polar surface area (TPSA) is 26.3 Å². The van der Waals surface area contributed by atoms with E-state index < -0.39 is 14.0 Å². The fourth-order valence-corrected chi connectivity index (χ4v) is 8.25. The van der Waals surface area contributed by atoms with E-state index in [4.69, 9.17) is 4.43 Å². The molecule has 0 aliphatic heterocycles. The number of hydrogen-bond donors (Lipinski definition) is 0. The molecule has 3 rings (SSSR count). The van der Waals surface area contributed by atoms with E-state index >= 15 is 0 Å². The summed E-state index contributed by atoms with van der Waals surface area (Å²) < 4.78 is 20.8. The summed E-state index contributed by atoms with van der Waals surface area (Å²) >= 11 is 0. The van der Waals surface area contributed by atoms with Gasteiger partial charge < -0.3 is 4.43 Å². The Morgan fingerprint density at radius 2 is 1.56 bits per heavy atom. The molecule has 2 aromatic carbocycles. The van der Waals surface area contributed by atoms with Crippen molar-refractivity contribution >= 4 is 25.0 Å². The Labute approximate surface area is 150 Å². The monoisotopic (exact) mass is 356 g/mol. The molecule has 0 unspecified atom stereocenters. The molecule has 0 saturated heterocycles. The van der Waals surface area contributed by atoms with Gasteiger partial charge in [-0.05, 0) is 21.8 Å². The summed E-state index contributed by atoms with van der Waals surface area (Å²) in [7, 11) is -2.63. The standard InChI is InChI=1S/C21H25FO2Si/c1-20(2,3)25(18-10-6-4-7-11-18,19-12-8-5-9-13-19)24-15-17-14-21(17,22)16-23/h4-13,16-17H,14-15H2,1-3H3/t17-,21+/m1/s1. The molecule has 0 spiro atoms. The number of hydrogen-bond acceptors (Lipinski definition) is 2. The Morgan fingerprint density at radius 1 is 1.08 bits per heavy atom. The van der Waals surface area contributed by atoms with Crippen LogP contribution in [0.1, 0.15) is 27.2 Å². The first-order valence-electron chi connectivity index (χ1n) is 8.74. The molecule has 0 bridgehead atoms. The van der Waals surface area contributed by atoms with E-state index in [9.17, 15) is 9.18 Å². The van der Waals surface area contributed by atoms with E-state index in [2.05, 4.69) is 45.0 Å². The van der Waals surface area contributed by atoms with Crippen molar-refractivity contribution in [2.75, 3.05) is 6.61 Å². The lowest BCUT2D eigenvalue weighted by Crippen LogP contribution is -2.66. The van der Waals surface area contributed by atoms with Crippen LogP contribution in [0.15, 0.2) is 60.7 Å². The molecule has 1 fully saturated rings. The average Bonchev–Trinajstić information content (AvgIpc) is 3.27. The van der Waals surface area contributed by atoms with Crippen molar-refractivity contribution in [1.82, 2.24) is 0 Å². The molecule has 2 nitrogen and oxygen atoms in total. The van der Waals surface area contributed by atoms with E-state index in [1.165, 1.54) is 10.4 Å². The molecular weight excluding hydrogens is 331 g/mol. The maximum Gasteiger partial charge on any atom is 0.261 e. The van der Waals surface area contributed by atoms with E-state index in [-0.39, 0.29) is 24.0 Å². The zero-order valence-corrected chi connectivity index (χ0v) is 16.0. The molecule has 1 aliphatic rings. The van der Waals surface area contributed by atoms with Gasteiger partial charge in [0, 0.05) is 12.5 Å². The third-order valence-corrected chi connectivity index (χ3v) is 10.2. The lowest BCUT2D eigenvalue weighted by molar-refractivity contribution is -0.113. The Kier molecular flexibility index (Phi) is 4.69. The lowest BCUT2D eigenvalue weighted by Gasteiger charge is -2.43. The van der Waals surface area contributed by atoms with E-state index in [0.29, 0.717) is 6.29 Å². The van der Waals surface area contributed by atoms with Gasteiger partial charge >= 0.3 is 0 Å². The van der Waals surface area contributed by atoms with Crippen LogP contribution >= 0.6 is 0 Å². The highest BCUT2D eigenvalue weighted by atomic mass is 28.4. The van der Waals surface area contributed by atoms with Crippen LogP contribution in [-0.4, -0.2) is 26.9 Å². The van der Waals surface area contributed by atoms with Gasteiger partial charge in [-0.1, -0.05) is 81.4 Å². The quantitative estimate of drug-likeness (QED) is 0.585. The largest absolute Gasteiger partial charge is 0.407 e. The van der Waals surface area contributed by atoms with Crippen LogP contribution in [0.5, 0.6) is 0 Å². The highest BCUT2D eigenvalue weighted by molar-refractivity contribution is 6.99. The van der Waals surface area contributed by atoms with Crippen molar-refractivity contribution in [3.8, 4) is 0 Å². The molecular formula is C21H25FO2Si. The summed E-state index contributed by atoms with van der Waals surface area (Å²) in [6.07, 6.45) is 0.709. The van der Waals surface area contributed by atoms with Crippen LogP contribution in [0.2, 0.25) is 5.04 Å². The van der Waals surface area contributed by atoms with Crippen molar-refractivity contribution in [2.45, 2.75) is 37.9 Å². The van der Waals surface area contributed by atoms with Crippen molar-refractivity contribution < 1.29 is 13.6 Å². The predicted molar refractivity (Wildman–Crippen MR) is 102 cm³/mol. The molecule has 2 aromatic rings. The zero-order valence-electron chi connectivity index (χ0n) is 15.0. The smallest absolute Gasteiger partial charge is 0.261 e. The van der Waals surface area contributed by atoms with Gasteiger partial charge in [-0.3, -0.25) is 4.79 Å². The number of rotatable bonds is 6. The minimum atomic E-state index is -2.63. The van der Waals surface area contributed by atoms with Gasteiger partial charge in [-0.15, -0.1) is 0 Å². The third kappa shape index (κ3) is 3.21. The molecule has 0 aromatic heterocycles. The van der Waals surface area contributed by atoms with Gasteiger partial charge in [0.25, 0.3) is 8.32 Å². The summed E-state index contributed by atoms with van der Waals surface area (Å²) in [5.74, 6) is -0.327. The number of halogens is 1. The summed E-state index contributed by atoms with van der Waals surface area (Å²) in [6.45, 7) is 6.85. The minimum Gasteiger partial charge on any atom is -0.407 e. The SMILES string of the molecule is CC(C)(C)[Si](OC[C@H]1C[C@]1(F)C=O)(c1ccccc1)c1ccccc1. The second-order valence-electron chi connectivity index (χ2n) is 7.92. The van der Waals surface area contributed by atoms with Gasteiger partial charge in [0.15, 0.2) is 12.0 Å². The minimum absolute atomic E-state index is 0.134. The highest BCUT2D eigenvalue weighted by Gasteiger charge is 2.58. The number of carbonyl (C=O) groups is 1. The summed E-state index contributed by atoms with van der Waals surface area (Å²) in [6, 6.07) is 20.5. The van der Waals surface area contributed by atoms with Gasteiger partial charge in [0.2, 0.25) is 0 Å². The van der Waals surface area contributed by atoms with Crippen LogP contribution < -0.4 is 10.4 Å². The van der Waals surface area contributed by atoms with Gasteiger partial charge in [0.05, 0.1) is 0 Å². The maximum atomic E-state index is 14.1. The zero-order chi connectivity index (χ0) is 18.1. The Morgan fingerprint density at radius 3 is 1.92 bits per heavy atom. The lowest BCUT2D eigenvalue weighted by atomic mass is 10.2. The molecule has 4 heteroatoms. The fourth-order valence-electron chi connectivity index (χ4n) is 3.65. The normalized spacial score (nSPS) is 23.3. The van der Waals surface area contributed by atoms with Crippen molar-refractivity contribution in [3.63, 3.8) is 0 Å². The van der Waals surface area contributed by atoms with Gasteiger partial charge in [-0.2, -0.15) is 0 Å². The molecule has 132 valence electrons. The molecule has 0 heterocycles. The predicted octanol–water partition coefficient (Wildman–Crippen LogP) is 3.49. The van der Waals surface area contributed by atoms with E-state index in [1.54, 1.807) is 0 Å². The maximum absolute atomic E-state index is 14.1. The van der Waals surface area contributed by atoms with Crippen LogP contribution in [0.25, 0.3) is 0 Å². The number of carbonyl (C=O) groups excluding carboxylic acids is 1. The Balaban J connectivity index is 2.05. The molecule has 0 N–H and O–H groups in total. The summed E-state index contributed by atoms with van der Waals surface area (Å²) in [5.41, 5.74) is -1.69. The summed E-state index contributed by atoms with van der Waals surface area (Å²) in [5, 5.41) is 2.21. The molecule has 0 amide bonds. The second-order valence-corrected chi connectivity index (χ2v) is 12.2. The second kappa shape index (κ2) is 6.50. The average molecular weight is 357 g/mol. The van der Waals surface area contributed by atoms with Crippen LogP contribution in [-0.2, 0) is 9.22 Å². The van der Waals surface area contributed by atoms with E-state index in [1.807, 2.05) is 36.4 Å². The molecule has 2 atom stereocenters. The molecule has 0 radical (unpaired) electrons. The molecule has 1 aliphatic carbocycles. The van der Waals surface area contributed by atoms with Crippen molar-refractivity contribution in [2.24, 2.45) is 5.92 Å². The third-order valence-electron chi connectivity index (χ3n) is 5.19.